The van der Waals surface area contributed by atoms with Gasteiger partial charge in [0.2, 0.25) is 5.96 Å². The Hall–Kier alpha value is -3.20. The monoisotopic (exact) mass is 264 g/mol. The van der Waals surface area contributed by atoms with E-state index in [9.17, 15) is 0 Å². The van der Waals surface area contributed by atoms with E-state index in [0.717, 1.165) is 16.7 Å². The highest BCUT2D eigenvalue weighted by Gasteiger charge is 2.04. The van der Waals surface area contributed by atoms with Crippen LogP contribution >= 0.6 is 0 Å². The van der Waals surface area contributed by atoms with Crippen molar-refractivity contribution in [1.82, 2.24) is 4.98 Å². The maximum atomic E-state index is 9.03. The molecule has 1 heterocycles. The predicted octanol–water partition coefficient (Wildman–Crippen LogP) is 1.23. The molecule has 20 heavy (non-hydrogen) atoms. The minimum absolute atomic E-state index is 0.0908. The van der Waals surface area contributed by atoms with E-state index in [0.29, 0.717) is 5.69 Å². The molecule has 0 amide bonds. The highest BCUT2D eigenvalue weighted by molar-refractivity contribution is 5.82. The molecule has 0 aliphatic carbocycles. The van der Waals surface area contributed by atoms with Gasteiger partial charge in [-0.25, -0.2) is 4.98 Å². The summed E-state index contributed by atoms with van der Waals surface area (Å²) in [7, 11) is 0. The van der Waals surface area contributed by atoms with Crippen molar-refractivity contribution in [3.63, 3.8) is 0 Å². The fraction of sp³-hybridized carbons (Fsp3) is 0. The Morgan fingerprint density at radius 3 is 2.60 bits per heavy atom. The highest BCUT2D eigenvalue weighted by atomic mass is 15.3. The zero-order chi connectivity index (χ0) is 14.4. The average Bonchev–Trinajstić information content (AvgIpc) is 2.47. The highest BCUT2D eigenvalue weighted by Crippen LogP contribution is 2.21. The number of guanidine groups is 1. The van der Waals surface area contributed by atoms with Gasteiger partial charge in [-0.1, -0.05) is 24.3 Å². The lowest BCUT2D eigenvalue weighted by molar-refractivity contribution is 1.21. The maximum Gasteiger partial charge on any atom is 0.211 e. The van der Waals surface area contributed by atoms with Crippen LogP contribution in [0.4, 0.5) is 0 Å². The summed E-state index contributed by atoms with van der Waals surface area (Å²) in [6.45, 7) is 0. The molecular weight excluding hydrogens is 252 g/mol. The topological polar surface area (TPSA) is 113 Å². The van der Waals surface area contributed by atoms with Crippen molar-refractivity contribution in [2.75, 3.05) is 0 Å². The normalized spacial score (nSPS) is 10.2. The Kier molecular flexibility index (Phi) is 4.04. The van der Waals surface area contributed by atoms with Crippen LogP contribution in [0, 0.1) is 11.3 Å². The van der Waals surface area contributed by atoms with E-state index in [4.69, 9.17) is 16.7 Å². The van der Waals surface area contributed by atoms with E-state index in [1.54, 1.807) is 12.3 Å². The van der Waals surface area contributed by atoms with Crippen molar-refractivity contribution in [3.8, 4) is 17.2 Å². The van der Waals surface area contributed by atoms with Gasteiger partial charge in [-0.05, 0) is 23.3 Å². The van der Waals surface area contributed by atoms with Crippen LogP contribution in [0.1, 0.15) is 11.3 Å². The lowest BCUT2D eigenvalue weighted by Gasteiger charge is -2.03. The molecule has 4 N–H and O–H groups in total. The summed E-state index contributed by atoms with van der Waals surface area (Å²) in [5.41, 5.74) is 13.3. The van der Waals surface area contributed by atoms with Crippen molar-refractivity contribution in [2.24, 2.45) is 21.7 Å². The van der Waals surface area contributed by atoms with Gasteiger partial charge >= 0.3 is 0 Å². The third-order valence-corrected chi connectivity index (χ3v) is 2.52. The Morgan fingerprint density at radius 2 is 1.95 bits per heavy atom. The van der Waals surface area contributed by atoms with Crippen LogP contribution in [-0.2, 0) is 0 Å². The Bertz CT molecular complexity index is 690. The molecule has 0 spiro atoms. The predicted molar refractivity (Wildman–Crippen MR) is 77.8 cm³/mol. The van der Waals surface area contributed by atoms with E-state index in [-0.39, 0.29) is 5.96 Å². The molecule has 6 heteroatoms. The molecule has 1 aromatic carbocycles. The summed E-state index contributed by atoms with van der Waals surface area (Å²) in [4.78, 5) is 4.03. The standard InChI is InChI=1S/C14H12N6/c15-8-13-12(2-1-7-18-13)11-5-3-10(4-6-11)9-19-20-14(16)17/h1-7,9H,(H4,16,17,20). The molecule has 1 aromatic heterocycles. The van der Waals surface area contributed by atoms with Gasteiger partial charge in [-0.3, -0.25) is 0 Å². The summed E-state index contributed by atoms with van der Waals surface area (Å²) in [5, 5.41) is 16.3. The Morgan fingerprint density at radius 1 is 1.20 bits per heavy atom. The molecule has 0 aliphatic heterocycles. The first-order valence-corrected chi connectivity index (χ1v) is 5.78. The van der Waals surface area contributed by atoms with Gasteiger partial charge in [0, 0.05) is 11.8 Å². The fourth-order valence-electron chi connectivity index (χ4n) is 1.64. The quantitative estimate of drug-likeness (QED) is 0.493. The number of nitriles is 1. The molecule has 0 fully saturated rings. The number of hydrogen-bond acceptors (Lipinski definition) is 4. The molecule has 98 valence electrons. The Balaban J connectivity index is 2.27. The van der Waals surface area contributed by atoms with Crippen LogP contribution in [0.5, 0.6) is 0 Å². The van der Waals surface area contributed by atoms with Crippen LogP contribution in [0.25, 0.3) is 11.1 Å². The van der Waals surface area contributed by atoms with Crippen LogP contribution in [0.2, 0.25) is 0 Å². The summed E-state index contributed by atoms with van der Waals surface area (Å²) in [5.74, 6) is -0.0908. The van der Waals surface area contributed by atoms with Crippen LogP contribution in [0.15, 0.2) is 52.8 Å². The number of benzene rings is 1. The van der Waals surface area contributed by atoms with Crippen molar-refractivity contribution in [3.05, 3.63) is 53.9 Å². The van der Waals surface area contributed by atoms with Crippen molar-refractivity contribution in [1.29, 1.82) is 5.26 Å². The smallest absolute Gasteiger partial charge is 0.211 e. The van der Waals surface area contributed by atoms with Gasteiger partial charge in [-0.15, -0.1) is 5.10 Å². The number of nitrogens with zero attached hydrogens (tertiary/aromatic N) is 4. The second kappa shape index (κ2) is 6.11. The lowest BCUT2D eigenvalue weighted by atomic mass is 10.0. The SMILES string of the molecule is N#Cc1ncccc1-c1ccc(C=NN=C(N)N)cc1. The maximum absolute atomic E-state index is 9.03. The van der Waals surface area contributed by atoms with E-state index >= 15 is 0 Å². The second-order valence-corrected chi connectivity index (χ2v) is 3.90. The first kappa shape index (κ1) is 13.2. The summed E-state index contributed by atoms with van der Waals surface area (Å²) in [6, 6.07) is 13.2. The van der Waals surface area contributed by atoms with Gasteiger partial charge in [0.05, 0.1) is 6.21 Å². The van der Waals surface area contributed by atoms with E-state index in [1.807, 2.05) is 30.3 Å². The molecule has 0 bridgehead atoms. The first-order valence-electron chi connectivity index (χ1n) is 5.78. The van der Waals surface area contributed by atoms with Crippen molar-refractivity contribution < 1.29 is 0 Å². The fourth-order valence-corrected chi connectivity index (χ4v) is 1.64. The molecule has 2 aromatic rings. The third kappa shape index (κ3) is 3.17. The molecule has 2 rings (SSSR count). The van der Waals surface area contributed by atoms with Gasteiger partial charge in [0.15, 0.2) is 0 Å². The number of nitrogens with two attached hydrogens (primary N) is 2. The molecular formula is C14H12N6. The van der Waals surface area contributed by atoms with Gasteiger partial charge in [0.25, 0.3) is 0 Å². The van der Waals surface area contributed by atoms with Crippen LogP contribution < -0.4 is 11.5 Å². The zero-order valence-corrected chi connectivity index (χ0v) is 10.6. The van der Waals surface area contributed by atoms with Crippen LogP contribution in [-0.4, -0.2) is 17.2 Å². The summed E-state index contributed by atoms with van der Waals surface area (Å²) in [6.07, 6.45) is 3.14. The summed E-state index contributed by atoms with van der Waals surface area (Å²) >= 11 is 0. The molecule has 0 aliphatic rings. The first-order chi connectivity index (χ1) is 9.70. The number of rotatable bonds is 3. The minimum atomic E-state index is -0.0908. The largest absolute Gasteiger partial charge is 0.369 e. The molecule has 0 saturated heterocycles. The van der Waals surface area contributed by atoms with Gasteiger partial charge in [-0.2, -0.15) is 10.4 Å². The minimum Gasteiger partial charge on any atom is -0.369 e. The molecule has 0 radical (unpaired) electrons. The molecule has 0 atom stereocenters. The number of aromatic nitrogens is 1. The van der Waals surface area contributed by atoms with E-state index in [2.05, 4.69) is 21.3 Å². The molecule has 0 saturated carbocycles. The molecule has 0 unspecified atom stereocenters. The van der Waals surface area contributed by atoms with Gasteiger partial charge < -0.3 is 11.5 Å². The Labute approximate surface area is 116 Å². The second-order valence-electron chi connectivity index (χ2n) is 3.90. The average molecular weight is 264 g/mol. The van der Waals surface area contributed by atoms with E-state index in [1.165, 1.54) is 6.21 Å². The zero-order valence-electron chi connectivity index (χ0n) is 10.6. The third-order valence-electron chi connectivity index (χ3n) is 2.52. The number of hydrogen-bond donors (Lipinski definition) is 2. The van der Waals surface area contributed by atoms with Gasteiger partial charge in [0.1, 0.15) is 11.8 Å². The lowest BCUT2D eigenvalue weighted by Crippen LogP contribution is -2.21. The van der Waals surface area contributed by atoms with Crippen LogP contribution in [0.3, 0.4) is 0 Å². The number of pyridine rings is 1. The summed E-state index contributed by atoms with van der Waals surface area (Å²) < 4.78 is 0. The van der Waals surface area contributed by atoms with Crippen molar-refractivity contribution >= 4 is 12.2 Å². The van der Waals surface area contributed by atoms with E-state index < -0.39 is 0 Å². The van der Waals surface area contributed by atoms with Crippen molar-refractivity contribution in [2.45, 2.75) is 0 Å². The molecule has 6 nitrogen and oxygen atoms in total.